The van der Waals surface area contributed by atoms with Gasteiger partial charge in [0.2, 0.25) is 10.0 Å². The highest BCUT2D eigenvalue weighted by molar-refractivity contribution is 7.89. The van der Waals surface area contributed by atoms with Gasteiger partial charge in [-0.2, -0.15) is 4.31 Å². The molecule has 2 saturated heterocycles. The summed E-state index contributed by atoms with van der Waals surface area (Å²) in [6.07, 6.45) is 1.88. The van der Waals surface area contributed by atoms with Crippen LogP contribution >= 0.6 is 0 Å². The number of carbonyl (C=O) groups is 1. The van der Waals surface area contributed by atoms with Crippen molar-refractivity contribution < 1.29 is 17.9 Å². The van der Waals surface area contributed by atoms with Crippen LogP contribution in [0.2, 0.25) is 0 Å². The lowest BCUT2D eigenvalue weighted by Gasteiger charge is -2.29. The SMILES string of the molecule is O=C(c1ccccc1)N(CCS(=O)(=O)N1CCNCC1)C[C@H]1CCCO1. The molecule has 0 spiro atoms. The Bertz CT molecular complexity index is 684. The van der Waals surface area contributed by atoms with Crippen LogP contribution in [0.3, 0.4) is 0 Å². The van der Waals surface area contributed by atoms with E-state index < -0.39 is 10.0 Å². The predicted octanol–water partition coefficient (Wildman–Crippen LogP) is 0.543. The van der Waals surface area contributed by atoms with Crippen LogP contribution in [0.5, 0.6) is 0 Å². The molecule has 2 fully saturated rings. The topological polar surface area (TPSA) is 79.0 Å². The van der Waals surface area contributed by atoms with Crippen molar-refractivity contribution in [3.8, 4) is 0 Å². The van der Waals surface area contributed by atoms with Gasteiger partial charge in [0.05, 0.1) is 11.9 Å². The van der Waals surface area contributed by atoms with Crippen molar-refractivity contribution in [2.24, 2.45) is 0 Å². The average Bonchev–Trinajstić information content (AvgIpc) is 3.19. The summed E-state index contributed by atoms with van der Waals surface area (Å²) < 4.78 is 32.4. The smallest absolute Gasteiger partial charge is 0.253 e. The monoisotopic (exact) mass is 381 g/mol. The summed E-state index contributed by atoms with van der Waals surface area (Å²) in [6, 6.07) is 9.01. The summed E-state index contributed by atoms with van der Waals surface area (Å²) >= 11 is 0. The van der Waals surface area contributed by atoms with E-state index in [1.54, 1.807) is 17.0 Å². The fourth-order valence-corrected chi connectivity index (χ4v) is 4.80. The molecule has 1 atom stereocenters. The summed E-state index contributed by atoms with van der Waals surface area (Å²) in [5.74, 6) is -0.199. The molecule has 0 saturated carbocycles. The summed E-state index contributed by atoms with van der Waals surface area (Å²) in [5, 5.41) is 3.15. The maximum atomic E-state index is 12.9. The van der Waals surface area contributed by atoms with E-state index in [9.17, 15) is 13.2 Å². The molecule has 8 heteroatoms. The Hall–Kier alpha value is -1.48. The summed E-state index contributed by atoms with van der Waals surface area (Å²) in [7, 11) is -3.37. The molecule has 26 heavy (non-hydrogen) atoms. The van der Waals surface area contributed by atoms with Crippen LogP contribution in [0.25, 0.3) is 0 Å². The Balaban J connectivity index is 1.67. The number of carbonyl (C=O) groups excluding carboxylic acids is 1. The van der Waals surface area contributed by atoms with Crippen molar-refractivity contribution in [3.05, 3.63) is 35.9 Å². The third-order valence-electron chi connectivity index (χ3n) is 4.84. The maximum absolute atomic E-state index is 12.9. The predicted molar refractivity (Wildman–Crippen MR) is 99.5 cm³/mol. The molecule has 1 amide bonds. The van der Waals surface area contributed by atoms with Gasteiger partial charge in [-0.15, -0.1) is 0 Å². The fourth-order valence-electron chi connectivity index (χ4n) is 3.35. The van der Waals surface area contributed by atoms with Crippen molar-refractivity contribution >= 4 is 15.9 Å². The first-order valence-corrected chi connectivity index (χ1v) is 10.8. The molecule has 3 rings (SSSR count). The maximum Gasteiger partial charge on any atom is 0.253 e. The molecule has 2 aliphatic rings. The van der Waals surface area contributed by atoms with Crippen LogP contribution < -0.4 is 5.32 Å². The van der Waals surface area contributed by atoms with Crippen molar-refractivity contribution in [2.75, 3.05) is 51.6 Å². The van der Waals surface area contributed by atoms with Crippen LogP contribution in [0, 0.1) is 0 Å². The van der Waals surface area contributed by atoms with E-state index >= 15 is 0 Å². The van der Waals surface area contributed by atoms with E-state index in [0.29, 0.717) is 44.9 Å². The highest BCUT2D eigenvalue weighted by Crippen LogP contribution is 2.16. The number of nitrogens with zero attached hydrogens (tertiary/aromatic N) is 2. The lowest BCUT2D eigenvalue weighted by atomic mass is 10.1. The second-order valence-corrected chi connectivity index (χ2v) is 8.81. The van der Waals surface area contributed by atoms with Gasteiger partial charge >= 0.3 is 0 Å². The number of rotatable bonds is 7. The number of hydrogen-bond acceptors (Lipinski definition) is 5. The van der Waals surface area contributed by atoms with Crippen LogP contribution in [-0.2, 0) is 14.8 Å². The molecule has 0 aliphatic carbocycles. The number of ether oxygens (including phenoxy) is 1. The Kier molecular flexibility index (Phi) is 6.63. The van der Waals surface area contributed by atoms with Crippen molar-refractivity contribution in [3.63, 3.8) is 0 Å². The molecular formula is C18H27N3O4S. The molecule has 0 bridgehead atoms. The minimum absolute atomic E-state index is 0.00967. The summed E-state index contributed by atoms with van der Waals surface area (Å²) in [5.41, 5.74) is 0.574. The van der Waals surface area contributed by atoms with Crippen LogP contribution in [0.4, 0.5) is 0 Å². The van der Waals surface area contributed by atoms with Crippen LogP contribution in [0.1, 0.15) is 23.2 Å². The summed E-state index contributed by atoms with van der Waals surface area (Å²) in [6.45, 7) is 3.63. The highest BCUT2D eigenvalue weighted by atomic mass is 32.2. The summed E-state index contributed by atoms with van der Waals surface area (Å²) in [4.78, 5) is 14.5. The molecular weight excluding hydrogens is 354 g/mol. The first-order chi connectivity index (χ1) is 12.6. The molecule has 0 aromatic heterocycles. The number of hydrogen-bond donors (Lipinski definition) is 1. The molecule has 0 radical (unpaired) electrons. The molecule has 1 aromatic carbocycles. The molecule has 1 aromatic rings. The average molecular weight is 381 g/mol. The Morgan fingerprint density at radius 2 is 1.96 bits per heavy atom. The first-order valence-electron chi connectivity index (χ1n) is 9.21. The zero-order valence-electron chi connectivity index (χ0n) is 15.0. The van der Waals surface area contributed by atoms with Gasteiger partial charge in [-0.3, -0.25) is 4.79 Å². The number of sulfonamides is 1. The van der Waals surface area contributed by atoms with Crippen LogP contribution in [-0.4, -0.2) is 81.3 Å². The standard InChI is InChI=1S/C18H27N3O4S/c22-18(16-5-2-1-3-6-16)20(15-17-7-4-13-25-17)12-14-26(23,24)21-10-8-19-9-11-21/h1-3,5-6,17,19H,4,7-15H2/t17-/m1/s1. The Labute approximate surface area is 155 Å². The van der Waals surface area contributed by atoms with Crippen molar-refractivity contribution in [1.82, 2.24) is 14.5 Å². The van der Waals surface area contributed by atoms with Gasteiger partial charge in [0, 0.05) is 51.4 Å². The van der Waals surface area contributed by atoms with Gasteiger partial charge in [0.1, 0.15) is 0 Å². The van der Waals surface area contributed by atoms with Crippen molar-refractivity contribution in [2.45, 2.75) is 18.9 Å². The van der Waals surface area contributed by atoms with Gasteiger partial charge in [-0.1, -0.05) is 18.2 Å². The molecule has 0 unspecified atom stereocenters. The van der Waals surface area contributed by atoms with Crippen LogP contribution in [0.15, 0.2) is 30.3 Å². The van der Waals surface area contributed by atoms with Gasteiger partial charge in [-0.05, 0) is 25.0 Å². The third kappa shape index (κ3) is 5.03. The molecule has 2 heterocycles. The minimum atomic E-state index is -3.37. The highest BCUT2D eigenvalue weighted by Gasteiger charge is 2.28. The third-order valence-corrected chi connectivity index (χ3v) is 6.69. The molecule has 7 nitrogen and oxygen atoms in total. The molecule has 1 N–H and O–H groups in total. The van der Waals surface area contributed by atoms with E-state index in [4.69, 9.17) is 4.74 Å². The fraction of sp³-hybridized carbons (Fsp3) is 0.611. The number of benzene rings is 1. The lowest BCUT2D eigenvalue weighted by molar-refractivity contribution is 0.0540. The quantitative estimate of drug-likeness (QED) is 0.746. The van der Waals surface area contributed by atoms with E-state index in [2.05, 4.69) is 5.32 Å². The second kappa shape index (κ2) is 8.94. The van der Waals surface area contributed by atoms with E-state index in [1.165, 1.54) is 4.31 Å². The normalized spacial score (nSPS) is 21.6. The van der Waals surface area contributed by atoms with Gasteiger partial charge in [0.15, 0.2) is 0 Å². The van der Waals surface area contributed by atoms with E-state index in [-0.39, 0.29) is 24.3 Å². The lowest BCUT2D eigenvalue weighted by Crippen LogP contribution is -2.49. The molecule has 144 valence electrons. The molecule has 2 aliphatic heterocycles. The second-order valence-electron chi connectivity index (χ2n) is 6.72. The Morgan fingerprint density at radius 1 is 1.23 bits per heavy atom. The van der Waals surface area contributed by atoms with E-state index in [0.717, 1.165) is 12.8 Å². The zero-order chi connectivity index (χ0) is 18.4. The zero-order valence-corrected chi connectivity index (χ0v) is 15.8. The number of amides is 1. The van der Waals surface area contributed by atoms with E-state index in [1.807, 2.05) is 18.2 Å². The van der Waals surface area contributed by atoms with Crippen molar-refractivity contribution in [1.29, 1.82) is 0 Å². The van der Waals surface area contributed by atoms with Gasteiger partial charge < -0.3 is 15.0 Å². The minimum Gasteiger partial charge on any atom is -0.376 e. The Morgan fingerprint density at radius 3 is 2.62 bits per heavy atom. The largest absolute Gasteiger partial charge is 0.376 e. The van der Waals surface area contributed by atoms with Gasteiger partial charge in [0.25, 0.3) is 5.91 Å². The number of piperazine rings is 1. The first kappa shape index (κ1) is 19.3. The van der Waals surface area contributed by atoms with Gasteiger partial charge in [-0.25, -0.2) is 8.42 Å². The number of nitrogens with one attached hydrogen (secondary N) is 1.